The first-order valence-electron chi connectivity index (χ1n) is 3.90. The molecule has 0 spiro atoms. The number of hydrogen-bond acceptors (Lipinski definition) is 2. The van der Waals surface area contributed by atoms with E-state index in [2.05, 4.69) is 16.6 Å². The Labute approximate surface area is 75.2 Å². The van der Waals surface area contributed by atoms with Crippen molar-refractivity contribution in [3.05, 3.63) is 30.6 Å². The molecule has 0 unspecified atom stereocenters. The van der Waals surface area contributed by atoms with Gasteiger partial charge in [-0.1, -0.05) is 12.1 Å². The molecule has 0 atom stereocenters. The van der Waals surface area contributed by atoms with Crippen molar-refractivity contribution in [2.24, 2.45) is 0 Å². The average Bonchev–Trinajstić information content (AvgIpc) is 2.60. The quantitative estimate of drug-likeness (QED) is 0.648. The average molecular weight is 174 g/mol. The Hall–Kier alpha value is -1.84. The lowest BCUT2D eigenvalue weighted by molar-refractivity contribution is 0.245. The highest BCUT2D eigenvalue weighted by molar-refractivity contribution is 5.88. The van der Waals surface area contributed by atoms with E-state index < -0.39 is 0 Å². The Morgan fingerprint density at radius 3 is 3.08 bits per heavy atom. The first-order valence-corrected chi connectivity index (χ1v) is 3.90. The standard InChI is InChI=1S/C9H8N3O/c1-10-9(13)12-6-11-7-4-2-3-5-8(7)12/h2-5H,1H3,(H,10,13). The van der Waals surface area contributed by atoms with E-state index in [9.17, 15) is 4.79 Å². The molecule has 65 valence electrons. The number of amides is 1. The summed E-state index contributed by atoms with van der Waals surface area (Å²) in [7, 11) is 1.57. The summed E-state index contributed by atoms with van der Waals surface area (Å²) in [6.07, 6.45) is 2.62. The second-order valence-electron chi connectivity index (χ2n) is 2.59. The second-order valence-corrected chi connectivity index (χ2v) is 2.59. The number of hydrogen-bond donors (Lipinski definition) is 1. The maximum absolute atomic E-state index is 11.3. The zero-order valence-electron chi connectivity index (χ0n) is 7.11. The van der Waals surface area contributed by atoms with Crippen LogP contribution in [0.1, 0.15) is 0 Å². The number of fused-ring (bicyclic) bond motifs is 1. The van der Waals surface area contributed by atoms with Gasteiger partial charge in [-0.3, -0.25) is 0 Å². The number of carbonyl (C=O) groups excluding carboxylic acids is 1. The predicted molar refractivity (Wildman–Crippen MR) is 48.4 cm³/mol. The molecule has 1 heterocycles. The predicted octanol–water partition coefficient (Wildman–Crippen LogP) is 1.02. The van der Waals surface area contributed by atoms with Crippen LogP contribution in [-0.4, -0.2) is 22.6 Å². The molecule has 2 aromatic rings. The Morgan fingerprint density at radius 2 is 2.31 bits per heavy atom. The van der Waals surface area contributed by atoms with Crippen molar-refractivity contribution in [2.75, 3.05) is 7.05 Å². The summed E-state index contributed by atoms with van der Waals surface area (Å²) in [5.41, 5.74) is 1.54. The molecule has 0 bridgehead atoms. The Kier molecular flexibility index (Phi) is 1.73. The van der Waals surface area contributed by atoms with Gasteiger partial charge in [0.1, 0.15) is 0 Å². The summed E-state index contributed by atoms with van der Waals surface area (Å²) in [4.78, 5) is 15.2. The van der Waals surface area contributed by atoms with Gasteiger partial charge in [0.05, 0.1) is 11.0 Å². The summed E-state index contributed by atoms with van der Waals surface area (Å²) in [5.74, 6) is 0. The summed E-state index contributed by atoms with van der Waals surface area (Å²) in [5, 5.41) is 2.51. The summed E-state index contributed by atoms with van der Waals surface area (Å²) in [6.45, 7) is 0. The highest BCUT2D eigenvalue weighted by Crippen LogP contribution is 2.10. The molecule has 0 saturated carbocycles. The van der Waals surface area contributed by atoms with Gasteiger partial charge < -0.3 is 5.32 Å². The van der Waals surface area contributed by atoms with Crippen molar-refractivity contribution in [3.63, 3.8) is 0 Å². The molecule has 1 aromatic carbocycles. The minimum absolute atomic E-state index is 0.228. The molecule has 13 heavy (non-hydrogen) atoms. The highest BCUT2D eigenvalue weighted by Gasteiger charge is 2.06. The molecule has 4 nitrogen and oxygen atoms in total. The Balaban J connectivity index is 2.64. The van der Waals surface area contributed by atoms with Crippen molar-refractivity contribution in [3.8, 4) is 0 Å². The third-order valence-electron chi connectivity index (χ3n) is 1.81. The monoisotopic (exact) mass is 174 g/mol. The fourth-order valence-electron chi connectivity index (χ4n) is 1.17. The largest absolute Gasteiger partial charge is 0.340 e. The minimum atomic E-state index is -0.228. The highest BCUT2D eigenvalue weighted by atomic mass is 16.2. The number of imidazole rings is 1. The molecule has 1 N–H and O–H groups in total. The number of nitrogens with one attached hydrogen (secondary N) is 1. The normalized spacial score (nSPS) is 10.2. The molecule has 0 aliphatic carbocycles. The molecule has 1 amide bonds. The summed E-state index contributed by atoms with van der Waals surface area (Å²) >= 11 is 0. The third kappa shape index (κ3) is 1.16. The molecular formula is C9H8N3O. The molecule has 0 fully saturated rings. The van der Waals surface area contributed by atoms with Gasteiger partial charge >= 0.3 is 6.03 Å². The van der Waals surface area contributed by atoms with Gasteiger partial charge in [0.25, 0.3) is 0 Å². The van der Waals surface area contributed by atoms with Gasteiger partial charge in [0.2, 0.25) is 0 Å². The van der Waals surface area contributed by atoms with E-state index in [4.69, 9.17) is 0 Å². The van der Waals surface area contributed by atoms with Gasteiger partial charge in [-0.15, -0.1) is 0 Å². The first-order chi connectivity index (χ1) is 6.33. The first kappa shape index (κ1) is 7.79. The van der Waals surface area contributed by atoms with E-state index in [0.29, 0.717) is 0 Å². The maximum atomic E-state index is 11.3. The van der Waals surface area contributed by atoms with Crippen LogP contribution in [0.4, 0.5) is 4.79 Å². The van der Waals surface area contributed by atoms with E-state index >= 15 is 0 Å². The zero-order chi connectivity index (χ0) is 9.26. The molecular weight excluding hydrogens is 166 g/mol. The van der Waals surface area contributed by atoms with Gasteiger partial charge in [-0.05, 0) is 12.1 Å². The molecule has 1 aromatic heterocycles. The number of benzene rings is 1. The van der Waals surface area contributed by atoms with Gasteiger partial charge in [-0.2, -0.15) is 0 Å². The Bertz CT molecular complexity index is 447. The van der Waals surface area contributed by atoms with Crippen LogP contribution in [0.25, 0.3) is 11.0 Å². The number of aromatic nitrogens is 2. The van der Waals surface area contributed by atoms with Crippen LogP contribution in [-0.2, 0) is 0 Å². The van der Waals surface area contributed by atoms with Crippen molar-refractivity contribution < 1.29 is 4.79 Å². The summed E-state index contributed by atoms with van der Waals surface area (Å²) < 4.78 is 1.36. The van der Waals surface area contributed by atoms with Crippen LogP contribution in [0.5, 0.6) is 0 Å². The lowest BCUT2D eigenvalue weighted by Crippen LogP contribution is -2.23. The number of carbonyl (C=O) groups is 1. The van der Waals surface area contributed by atoms with Crippen LogP contribution in [0.15, 0.2) is 24.3 Å². The molecule has 4 heteroatoms. The zero-order valence-corrected chi connectivity index (χ0v) is 7.11. The van der Waals surface area contributed by atoms with Crippen molar-refractivity contribution in [1.82, 2.24) is 14.9 Å². The van der Waals surface area contributed by atoms with E-state index in [1.54, 1.807) is 7.05 Å². The van der Waals surface area contributed by atoms with Crippen molar-refractivity contribution in [1.29, 1.82) is 0 Å². The van der Waals surface area contributed by atoms with Crippen molar-refractivity contribution in [2.45, 2.75) is 0 Å². The molecule has 0 saturated heterocycles. The fourth-order valence-corrected chi connectivity index (χ4v) is 1.17. The summed E-state index contributed by atoms with van der Waals surface area (Å²) in [6, 6.07) is 7.17. The van der Waals surface area contributed by atoms with Gasteiger partial charge in [-0.25, -0.2) is 14.3 Å². The van der Waals surface area contributed by atoms with Gasteiger partial charge in [0, 0.05) is 7.05 Å². The lowest BCUT2D eigenvalue weighted by Gasteiger charge is -1.99. The lowest BCUT2D eigenvalue weighted by atomic mass is 10.3. The number of nitrogens with zero attached hydrogens (tertiary/aromatic N) is 2. The van der Waals surface area contributed by atoms with Crippen LogP contribution in [0.2, 0.25) is 0 Å². The molecule has 0 aliphatic heterocycles. The van der Waals surface area contributed by atoms with Crippen molar-refractivity contribution >= 4 is 17.1 Å². The van der Waals surface area contributed by atoms with Crippen LogP contribution in [0, 0.1) is 6.33 Å². The van der Waals surface area contributed by atoms with Crippen LogP contribution >= 0.6 is 0 Å². The number of para-hydroxylation sites is 2. The molecule has 2 rings (SSSR count). The minimum Gasteiger partial charge on any atom is -0.340 e. The topological polar surface area (TPSA) is 46.9 Å². The fraction of sp³-hybridized carbons (Fsp3) is 0.111. The maximum Gasteiger partial charge on any atom is 0.327 e. The van der Waals surface area contributed by atoms with E-state index in [1.165, 1.54) is 4.57 Å². The van der Waals surface area contributed by atoms with Gasteiger partial charge in [0.15, 0.2) is 6.33 Å². The second kappa shape index (κ2) is 2.90. The van der Waals surface area contributed by atoms with Crippen LogP contribution < -0.4 is 5.32 Å². The number of rotatable bonds is 0. The van der Waals surface area contributed by atoms with E-state index in [1.807, 2.05) is 24.3 Å². The van der Waals surface area contributed by atoms with E-state index in [0.717, 1.165) is 11.0 Å². The van der Waals surface area contributed by atoms with E-state index in [-0.39, 0.29) is 6.03 Å². The smallest absolute Gasteiger partial charge is 0.327 e. The molecule has 1 radical (unpaired) electrons. The SMILES string of the molecule is CNC(=O)n1[c]nc2ccccc21. The Morgan fingerprint density at radius 1 is 1.54 bits per heavy atom. The third-order valence-corrected chi connectivity index (χ3v) is 1.81. The molecule has 0 aliphatic rings. The van der Waals surface area contributed by atoms with Crippen LogP contribution in [0.3, 0.4) is 0 Å².